The summed E-state index contributed by atoms with van der Waals surface area (Å²) in [6, 6.07) is 22.6. The minimum absolute atomic E-state index is 0.0274. The Morgan fingerprint density at radius 1 is 0.941 bits per heavy atom. The second kappa shape index (κ2) is 10.9. The number of nitrogens with zero attached hydrogens (tertiary/aromatic N) is 2. The number of Topliss-reactive ketones (excluding diaryl/α,β-unsaturated/α-hetero) is 1. The number of rotatable bonds is 10. The van der Waals surface area contributed by atoms with E-state index >= 15 is 0 Å². The quantitative estimate of drug-likeness (QED) is 0.188. The van der Waals surface area contributed by atoms with Gasteiger partial charge in [-0.3, -0.25) is 4.79 Å². The van der Waals surface area contributed by atoms with Crippen molar-refractivity contribution in [3.63, 3.8) is 0 Å². The number of hydrogen-bond donors (Lipinski definition) is 0. The van der Waals surface area contributed by atoms with Gasteiger partial charge >= 0.3 is 5.97 Å². The highest BCUT2D eigenvalue weighted by Crippen LogP contribution is 2.28. The number of ether oxygens (including phenoxy) is 3. The summed E-state index contributed by atoms with van der Waals surface area (Å²) in [7, 11) is 2.93. The van der Waals surface area contributed by atoms with E-state index in [1.54, 1.807) is 31.4 Å². The number of fused-ring (bicyclic) bond motifs is 1. The number of esters is 1. The fourth-order valence-corrected chi connectivity index (χ4v) is 4.30. The monoisotopic (exact) mass is 476 g/mol. The molecule has 0 fully saturated rings. The highest BCUT2D eigenvalue weighted by Gasteiger charge is 2.15. The molecule has 7 nitrogen and oxygen atoms in total. The first-order chi connectivity index (χ1) is 16.6. The number of hydrogen-bond acceptors (Lipinski definition) is 7. The summed E-state index contributed by atoms with van der Waals surface area (Å²) in [5.74, 6) is 0.970. The minimum atomic E-state index is -0.465. The fourth-order valence-electron chi connectivity index (χ4n) is 3.40. The van der Waals surface area contributed by atoms with Crippen LogP contribution in [-0.2, 0) is 16.1 Å². The lowest BCUT2D eigenvalue weighted by Crippen LogP contribution is -2.12. The molecule has 4 aromatic rings. The van der Waals surface area contributed by atoms with E-state index in [9.17, 15) is 9.59 Å². The van der Waals surface area contributed by atoms with E-state index in [0.717, 1.165) is 27.5 Å². The first-order valence-electron chi connectivity index (χ1n) is 10.6. The highest BCUT2D eigenvalue weighted by molar-refractivity contribution is 7.99. The van der Waals surface area contributed by atoms with Crippen LogP contribution in [0.15, 0.2) is 78.0 Å². The molecular weight excluding hydrogens is 452 g/mol. The Balaban J connectivity index is 1.50. The molecule has 1 aromatic heterocycles. The lowest BCUT2D eigenvalue weighted by atomic mass is 10.1. The summed E-state index contributed by atoms with van der Waals surface area (Å²) < 4.78 is 17.3. The maximum Gasteiger partial charge on any atom is 0.343 e. The minimum Gasteiger partial charge on any atom is -0.497 e. The number of ketones is 1. The molecule has 174 valence electrons. The summed E-state index contributed by atoms with van der Waals surface area (Å²) in [5.41, 5.74) is 3.50. The van der Waals surface area contributed by atoms with E-state index in [-0.39, 0.29) is 18.1 Å². The van der Waals surface area contributed by atoms with Crippen LogP contribution in [-0.4, -0.2) is 47.9 Å². The summed E-state index contributed by atoms with van der Waals surface area (Å²) in [6.07, 6.45) is 0. The Morgan fingerprint density at radius 3 is 2.38 bits per heavy atom. The van der Waals surface area contributed by atoms with Crippen LogP contribution in [0.4, 0.5) is 0 Å². The number of benzene rings is 3. The lowest BCUT2D eigenvalue weighted by molar-refractivity contribution is -0.142. The van der Waals surface area contributed by atoms with Crippen molar-refractivity contribution in [2.24, 2.45) is 0 Å². The summed E-state index contributed by atoms with van der Waals surface area (Å²) in [5, 5.41) is 0.762. The Kier molecular flexibility index (Phi) is 7.49. The predicted molar refractivity (Wildman–Crippen MR) is 131 cm³/mol. The largest absolute Gasteiger partial charge is 0.497 e. The van der Waals surface area contributed by atoms with E-state index in [2.05, 4.69) is 21.4 Å². The third kappa shape index (κ3) is 5.58. The molecule has 4 rings (SSSR count). The SMILES string of the molecule is COC(=O)COc1ccc(C(=O)CSc2nc3cc(OC)ccc3n2Cc2ccccc2)cc1. The van der Waals surface area contributed by atoms with Gasteiger partial charge in [0.2, 0.25) is 0 Å². The molecule has 0 radical (unpaired) electrons. The molecule has 0 unspecified atom stereocenters. The van der Waals surface area contributed by atoms with Crippen molar-refractivity contribution in [2.75, 3.05) is 26.6 Å². The molecule has 1 heterocycles. The van der Waals surface area contributed by atoms with E-state index in [1.165, 1.54) is 18.9 Å². The van der Waals surface area contributed by atoms with E-state index in [1.807, 2.05) is 36.4 Å². The topological polar surface area (TPSA) is 79.7 Å². The van der Waals surface area contributed by atoms with Crippen LogP contribution in [0.5, 0.6) is 11.5 Å². The molecule has 0 saturated heterocycles. The number of carbonyl (C=O) groups excluding carboxylic acids is 2. The van der Waals surface area contributed by atoms with Crippen LogP contribution in [0.2, 0.25) is 0 Å². The Labute approximate surface area is 201 Å². The van der Waals surface area contributed by atoms with Crippen LogP contribution < -0.4 is 9.47 Å². The molecule has 0 aliphatic heterocycles. The van der Waals surface area contributed by atoms with Crippen LogP contribution in [0.25, 0.3) is 11.0 Å². The zero-order valence-electron chi connectivity index (χ0n) is 18.9. The second-order valence-electron chi connectivity index (χ2n) is 7.42. The number of imidazole rings is 1. The molecule has 0 bridgehead atoms. The summed E-state index contributed by atoms with van der Waals surface area (Å²) in [4.78, 5) is 28.8. The Morgan fingerprint density at radius 2 is 1.68 bits per heavy atom. The molecule has 8 heteroatoms. The van der Waals surface area contributed by atoms with Crippen molar-refractivity contribution in [3.8, 4) is 11.5 Å². The van der Waals surface area contributed by atoms with Crippen molar-refractivity contribution in [3.05, 3.63) is 83.9 Å². The normalized spacial score (nSPS) is 10.8. The van der Waals surface area contributed by atoms with Gasteiger partial charge in [-0.05, 0) is 42.0 Å². The van der Waals surface area contributed by atoms with Crippen LogP contribution in [0, 0.1) is 0 Å². The first-order valence-corrected chi connectivity index (χ1v) is 11.6. The van der Waals surface area contributed by atoms with Gasteiger partial charge in [0.05, 0.1) is 37.6 Å². The molecule has 0 spiro atoms. The number of thioether (sulfide) groups is 1. The van der Waals surface area contributed by atoms with Crippen molar-refractivity contribution in [1.82, 2.24) is 9.55 Å². The van der Waals surface area contributed by atoms with Crippen LogP contribution in [0.1, 0.15) is 15.9 Å². The molecule has 0 aliphatic carbocycles. The lowest BCUT2D eigenvalue weighted by Gasteiger charge is -2.09. The van der Waals surface area contributed by atoms with Gasteiger partial charge in [-0.25, -0.2) is 9.78 Å². The third-order valence-electron chi connectivity index (χ3n) is 5.20. The van der Waals surface area contributed by atoms with Gasteiger partial charge in [-0.2, -0.15) is 0 Å². The average molecular weight is 477 g/mol. The van der Waals surface area contributed by atoms with Crippen LogP contribution >= 0.6 is 11.8 Å². The van der Waals surface area contributed by atoms with Crippen molar-refractivity contribution in [2.45, 2.75) is 11.7 Å². The van der Waals surface area contributed by atoms with Gasteiger partial charge < -0.3 is 18.8 Å². The Hall–Kier alpha value is -3.78. The number of methoxy groups -OCH3 is 2. The average Bonchev–Trinajstić information content (AvgIpc) is 3.22. The van der Waals surface area contributed by atoms with Gasteiger partial charge in [0.1, 0.15) is 11.5 Å². The predicted octanol–water partition coefficient (Wildman–Crippen LogP) is 4.62. The van der Waals surface area contributed by atoms with Crippen molar-refractivity contribution >= 4 is 34.5 Å². The zero-order valence-corrected chi connectivity index (χ0v) is 19.7. The van der Waals surface area contributed by atoms with Crippen molar-refractivity contribution < 1.29 is 23.8 Å². The first kappa shape index (κ1) is 23.4. The summed E-state index contributed by atoms with van der Waals surface area (Å²) >= 11 is 1.40. The maximum absolute atomic E-state index is 12.8. The molecular formula is C26H24N2O5S. The molecule has 0 saturated carbocycles. The molecule has 34 heavy (non-hydrogen) atoms. The summed E-state index contributed by atoms with van der Waals surface area (Å²) in [6.45, 7) is 0.467. The van der Waals surface area contributed by atoms with Gasteiger partial charge in [-0.15, -0.1) is 0 Å². The Bertz CT molecular complexity index is 1290. The van der Waals surface area contributed by atoms with Gasteiger partial charge in [0.15, 0.2) is 17.5 Å². The van der Waals surface area contributed by atoms with Gasteiger partial charge in [-0.1, -0.05) is 42.1 Å². The van der Waals surface area contributed by atoms with Gasteiger partial charge in [0.25, 0.3) is 0 Å². The highest BCUT2D eigenvalue weighted by atomic mass is 32.2. The zero-order chi connectivity index (χ0) is 23.9. The van der Waals surface area contributed by atoms with E-state index in [0.29, 0.717) is 17.9 Å². The second-order valence-corrected chi connectivity index (χ2v) is 8.36. The molecule has 0 amide bonds. The molecule has 3 aromatic carbocycles. The molecule has 0 atom stereocenters. The fraction of sp³-hybridized carbons (Fsp3) is 0.192. The van der Waals surface area contributed by atoms with E-state index in [4.69, 9.17) is 14.5 Å². The van der Waals surface area contributed by atoms with Gasteiger partial charge in [0, 0.05) is 11.6 Å². The third-order valence-corrected chi connectivity index (χ3v) is 6.17. The molecule has 0 aliphatic rings. The van der Waals surface area contributed by atoms with Crippen molar-refractivity contribution in [1.29, 1.82) is 0 Å². The van der Waals surface area contributed by atoms with E-state index < -0.39 is 5.97 Å². The standard InChI is InChI=1S/C26H24N2O5S/c1-31-21-12-13-23-22(14-21)27-26(28(23)15-18-6-4-3-5-7-18)34-17-24(29)19-8-10-20(11-9-19)33-16-25(30)32-2/h3-14H,15-17H2,1-2H3. The number of carbonyl (C=O) groups is 2. The smallest absolute Gasteiger partial charge is 0.343 e. The van der Waals surface area contributed by atoms with Crippen LogP contribution in [0.3, 0.4) is 0 Å². The number of aromatic nitrogens is 2. The maximum atomic E-state index is 12.8. The molecule has 0 N–H and O–H groups in total.